The molecule has 1 aliphatic heterocycles. The minimum Gasteiger partial charge on any atom is -0.486 e. The van der Waals surface area contributed by atoms with E-state index in [9.17, 15) is 4.79 Å². The molecule has 0 spiro atoms. The van der Waals surface area contributed by atoms with Gasteiger partial charge in [0.15, 0.2) is 11.5 Å². The minimum absolute atomic E-state index is 0.0183. The summed E-state index contributed by atoms with van der Waals surface area (Å²) in [6.07, 6.45) is 0. The monoisotopic (exact) mass is 271 g/mol. The van der Waals surface area contributed by atoms with Crippen LogP contribution >= 0.6 is 11.6 Å². The molecular formula is C12H14ClNO4. The van der Waals surface area contributed by atoms with Gasteiger partial charge in [0.2, 0.25) is 0 Å². The highest BCUT2D eigenvalue weighted by molar-refractivity contribution is 6.33. The summed E-state index contributed by atoms with van der Waals surface area (Å²) in [6, 6.07) is 1.74. The summed E-state index contributed by atoms with van der Waals surface area (Å²) in [5.74, 6) is -0.885. The fourth-order valence-electron chi connectivity index (χ4n) is 2.05. The smallest absolute Gasteiger partial charge is 0.312 e. The Balaban J connectivity index is 2.57. The van der Waals surface area contributed by atoms with Crippen molar-refractivity contribution in [2.45, 2.75) is 12.8 Å². The zero-order valence-corrected chi connectivity index (χ0v) is 10.7. The van der Waals surface area contributed by atoms with Crippen LogP contribution in [0.25, 0.3) is 0 Å². The van der Waals surface area contributed by atoms with E-state index >= 15 is 0 Å². The zero-order chi connectivity index (χ0) is 13.3. The first kappa shape index (κ1) is 13.0. The number of carboxylic acids is 1. The molecule has 0 saturated heterocycles. The van der Waals surface area contributed by atoms with Gasteiger partial charge in [-0.15, -0.1) is 0 Å². The molecule has 1 heterocycles. The third-order valence-corrected chi connectivity index (χ3v) is 3.28. The predicted octanol–water partition coefficient (Wildman–Crippen LogP) is 1.55. The summed E-state index contributed by atoms with van der Waals surface area (Å²) in [5, 5.41) is 9.45. The van der Waals surface area contributed by atoms with Crippen molar-refractivity contribution < 1.29 is 19.4 Å². The summed E-state index contributed by atoms with van der Waals surface area (Å²) in [7, 11) is 0. The van der Waals surface area contributed by atoms with Gasteiger partial charge in [-0.3, -0.25) is 4.79 Å². The number of aryl methyl sites for hydroxylation is 1. The maximum Gasteiger partial charge on any atom is 0.312 e. The van der Waals surface area contributed by atoms with Crippen LogP contribution in [0.2, 0.25) is 5.02 Å². The van der Waals surface area contributed by atoms with Gasteiger partial charge in [-0.1, -0.05) is 11.6 Å². The third-order valence-electron chi connectivity index (χ3n) is 2.90. The molecule has 0 saturated carbocycles. The number of aliphatic carboxylic acids is 1. The first-order valence-electron chi connectivity index (χ1n) is 5.57. The topological polar surface area (TPSA) is 81.8 Å². The van der Waals surface area contributed by atoms with Crippen LogP contribution in [-0.4, -0.2) is 30.8 Å². The van der Waals surface area contributed by atoms with Crippen molar-refractivity contribution >= 4 is 17.6 Å². The van der Waals surface area contributed by atoms with Crippen LogP contribution in [0, 0.1) is 6.92 Å². The van der Waals surface area contributed by atoms with Crippen LogP contribution in [0.3, 0.4) is 0 Å². The highest BCUT2D eigenvalue weighted by Crippen LogP contribution is 2.43. The van der Waals surface area contributed by atoms with E-state index in [4.69, 9.17) is 31.9 Å². The molecule has 18 heavy (non-hydrogen) atoms. The maximum absolute atomic E-state index is 11.2. The molecule has 0 bridgehead atoms. The maximum atomic E-state index is 11.2. The molecule has 1 atom stereocenters. The van der Waals surface area contributed by atoms with Crippen LogP contribution in [-0.2, 0) is 4.79 Å². The van der Waals surface area contributed by atoms with E-state index in [2.05, 4.69) is 0 Å². The molecule has 0 aromatic heterocycles. The first-order valence-corrected chi connectivity index (χ1v) is 5.95. The summed E-state index contributed by atoms with van der Waals surface area (Å²) >= 11 is 6.23. The lowest BCUT2D eigenvalue weighted by molar-refractivity contribution is -0.138. The number of halogens is 1. The third kappa shape index (κ3) is 2.11. The Bertz CT molecular complexity index is 489. The van der Waals surface area contributed by atoms with Crippen molar-refractivity contribution in [1.29, 1.82) is 0 Å². The van der Waals surface area contributed by atoms with Crippen LogP contribution in [0.5, 0.6) is 11.5 Å². The average Bonchev–Trinajstić information content (AvgIpc) is 2.34. The molecule has 0 fully saturated rings. The number of ether oxygens (including phenoxy) is 2. The average molecular weight is 272 g/mol. The Hall–Kier alpha value is -1.46. The normalized spacial score (nSPS) is 15.3. The van der Waals surface area contributed by atoms with E-state index in [0.29, 0.717) is 30.3 Å². The van der Waals surface area contributed by atoms with Crippen molar-refractivity contribution in [2.75, 3.05) is 19.8 Å². The molecule has 5 nitrogen and oxygen atoms in total. The van der Waals surface area contributed by atoms with Crippen molar-refractivity contribution in [3.8, 4) is 11.5 Å². The van der Waals surface area contributed by atoms with Crippen molar-refractivity contribution in [3.63, 3.8) is 0 Å². The summed E-state index contributed by atoms with van der Waals surface area (Å²) in [4.78, 5) is 11.2. The molecule has 98 valence electrons. The number of carbonyl (C=O) groups is 1. The second-order valence-electron chi connectivity index (χ2n) is 4.07. The van der Waals surface area contributed by atoms with Crippen molar-refractivity contribution in [2.24, 2.45) is 5.73 Å². The number of nitrogens with two attached hydrogens (primary N) is 1. The van der Waals surface area contributed by atoms with E-state index in [-0.39, 0.29) is 11.6 Å². The van der Waals surface area contributed by atoms with Gasteiger partial charge in [-0.05, 0) is 24.1 Å². The van der Waals surface area contributed by atoms with Gasteiger partial charge >= 0.3 is 5.97 Å². The van der Waals surface area contributed by atoms with Gasteiger partial charge < -0.3 is 20.3 Å². The quantitative estimate of drug-likeness (QED) is 0.872. The Morgan fingerprint density at radius 3 is 2.83 bits per heavy atom. The van der Waals surface area contributed by atoms with Gasteiger partial charge in [0.25, 0.3) is 0 Å². The van der Waals surface area contributed by atoms with E-state index < -0.39 is 11.9 Å². The Labute approximate surface area is 109 Å². The summed E-state index contributed by atoms with van der Waals surface area (Å²) in [6.45, 7) is 2.62. The highest BCUT2D eigenvalue weighted by Gasteiger charge is 2.28. The number of carboxylic acid groups (broad SMARTS) is 1. The molecule has 0 aliphatic carbocycles. The van der Waals surface area contributed by atoms with E-state index in [0.717, 1.165) is 5.56 Å². The Kier molecular flexibility index (Phi) is 3.63. The molecule has 3 N–H and O–H groups in total. The lowest BCUT2D eigenvalue weighted by Crippen LogP contribution is -2.23. The molecule has 0 amide bonds. The molecule has 1 unspecified atom stereocenters. The minimum atomic E-state index is -1.00. The summed E-state index contributed by atoms with van der Waals surface area (Å²) in [5.41, 5.74) is 6.74. The second-order valence-corrected chi connectivity index (χ2v) is 4.45. The van der Waals surface area contributed by atoms with Gasteiger partial charge in [-0.25, -0.2) is 0 Å². The molecule has 1 aromatic rings. The van der Waals surface area contributed by atoms with Crippen LogP contribution in [0.15, 0.2) is 6.07 Å². The van der Waals surface area contributed by atoms with Crippen molar-refractivity contribution in [3.05, 3.63) is 22.2 Å². The molecule has 1 aromatic carbocycles. The van der Waals surface area contributed by atoms with Crippen molar-refractivity contribution in [1.82, 2.24) is 0 Å². The number of fused-ring (bicyclic) bond motifs is 1. The first-order chi connectivity index (χ1) is 8.56. The van der Waals surface area contributed by atoms with Crippen LogP contribution in [0.4, 0.5) is 0 Å². The number of rotatable bonds is 3. The fourth-order valence-corrected chi connectivity index (χ4v) is 2.48. The Morgan fingerprint density at radius 2 is 2.22 bits per heavy atom. The van der Waals surface area contributed by atoms with Gasteiger partial charge in [0, 0.05) is 6.54 Å². The lowest BCUT2D eigenvalue weighted by atomic mass is 9.94. The lowest BCUT2D eigenvalue weighted by Gasteiger charge is -2.24. The second kappa shape index (κ2) is 5.04. The van der Waals surface area contributed by atoms with E-state index in [1.165, 1.54) is 0 Å². The zero-order valence-electron chi connectivity index (χ0n) is 9.90. The van der Waals surface area contributed by atoms with E-state index in [1.54, 1.807) is 13.0 Å². The molecule has 1 aliphatic rings. The number of hydrogen-bond donors (Lipinski definition) is 2. The van der Waals surface area contributed by atoms with Crippen LogP contribution < -0.4 is 15.2 Å². The Morgan fingerprint density at radius 1 is 1.56 bits per heavy atom. The van der Waals surface area contributed by atoms with Crippen LogP contribution in [0.1, 0.15) is 17.0 Å². The fraction of sp³-hybridized carbons (Fsp3) is 0.417. The molecule has 6 heteroatoms. The molecular weight excluding hydrogens is 258 g/mol. The van der Waals surface area contributed by atoms with Gasteiger partial charge in [0.05, 0.1) is 10.9 Å². The largest absolute Gasteiger partial charge is 0.486 e. The number of benzene rings is 1. The predicted molar refractivity (Wildman–Crippen MR) is 66.6 cm³/mol. The molecule has 2 rings (SSSR count). The summed E-state index contributed by atoms with van der Waals surface area (Å²) < 4.78 is 10.9. The van der Waals surface area contributed by atoms with Gasteiger partial charge in [-0.2, -0.15) is 0 Å². The SMILES string of the molecule is Cc1cc2c(c(Cl)c1C(CN)C(=O)O)OCCO2. The van der Waals surface area contributed by atoms with E-state index in [1.807, 2.05) is 0 Å². The number of hydrogen-bond acceptors (Lipinski definition) is 4. The standard InChI is InChI=1S/C12H14ClNO4/c1-6-4-8-11(18-3-2-17-8)10(13)9(6)7(5-14)12(15)16/h4,7H,2-3,5,14H2,1H3,(H,15,16). The molecule has 0 radical (unpaired) electrons. The highest BCUT2D eigenvalue weighted by atomic mass is 35.5. The van der Waals surface area contributed by atoms with Gasteiger partial charge in [0.1, 0.15) is 13.2 Å².